The first-order valence-corrected chi connectivity index (χ1v) is 12.9. The number of ether oxygens (including phenoxy) is 1. The second-order valence-corrected chi connectivity index (χ2v) is 8.74. The van der Waals surface area contributed by atoms with Crippen LogP contribution >= 0.6 is 0 Å². The number of rotatable bonds is 24. The van der Waals surface area contributed by atoms with Gasteiger partial charge in [-0.15, -0.1) is 0 Å². The Balaban J connectivity index is 3.18. The molecule has 0 bridgehead atoms. The smallest absolute Gasteiger partial charge is 0.303 e. The molecule has 0 aromatic carbocycles. The highest BCUT2D eigenvalue weighted by Gasteiger charge is 1.98. The third kappa shape index (κ3) is 24.8. The molecule has 0 radical (unpaired) electrons. The summed E-state index contributed by atoms with van der Waals surface area (Å²) in [5.74, 6) is -0.549. The van der Waals surface area contributed by atoms with Crippen molar-refractivity contribution < 1.29 is 19.7 Å². The van der Waals surface area contributed by atoms with Gasteiger partial charge in [0, 0.05) is 12.8 Å². The van der Waals surface area contributed by atoms with Gasteiger partial charge in [0.1, 0.15) is 12.0 Å². The lowest BCUT2D eigenvalue weighted by atomic mass is 10.0. The van der Waals surface area contributed by atoms with Crippen LogP contribution in [0.3, 0.4) is 0 Å². The van der Waals surface area contributed by atoms with E-state index in [1.54, 1.807) is 0 Å². The summed E-state index contributed by atoms with van der Waals surface area (Å²) in [5, 5.41) is 18.2. The molecule has 4 nitrogen and oxygen atoms in total. The zero-order chi connectivity index (χ0) is 22.1. The maximum absolute atomic E-state index is 10.4. The number of carboxylic acids is 1. The Morgan fingerprint density at radius 3 is 1.40 bits per heavy atom. The second-order valence-electron chi connectivity index (χ2n) is 8.74. The molecule has 4 heteroatoms. The zero-order valence-electron chi connectivity index (χ0n) is 19.8. The van der Waals surface area contributed by atoms with Gasteiger partial charge < -0.3 is 14.9 Å². The molecule has 0 aliphatic heterocycles. The van der Waals surface area contributed by atoms with E-state index in [9.17, 15) is 9.90 Å². The van der Waals surface area contributed by atoms with Gasteiger partial charge in [0.05, 0.1) is 6.61 Å². The lowest BCUT2D eigenvalue weighted by Crippen LogP contribution is -1.97. The second kappa shape index (κ2) is 24.1. The van der Waals surface area contributed by atoms with Gasteiger partial charge in [-0.1, -0.05) is 116 Å². The summed E-state index contributed by atoms with van der Waals surface area (Å²) in [5.41, 5.74) is 0. The van der Waals surface area contributed by atoms with Crippen molar-refractivity contribution in [3.63, 3.8) is 0 Å². The number of unbranched alkanes of at least 4 members (excludes halogenated alkanes) is 17. The first-order chi connectivity index (χ1) is 14.7. The molecular formula is C26H50O4. The number of aliphatic hydroxyl groups is 1. The Kier molecular flexibility index (Phi) is 23.1. The van der Waals surface area contributed by atoms with E-state index in [1.165, 1.54) is 109 Å². The molecule has 0 aliphatic carbocycles. The predicted octanol–water partition coefficient (Wildman–Crippen LogP) is 8.70. The third-order valence-corrected chi connectivity index (χ3v) is 5.66. The standard InChI is InChI=1S/C26H50O4/c1-2-3-4-5-6-7-8-9-10-11-12-13-14-15-16-17-18-19-21-25(27)24-30-23-20-22-26(28)29/h24,27H,2-23H2,1H3,(H,28,29). The highest BCUT2D eigenvalue weighted by Crippen LogP contribution is 2.15. The van der Waals surface area contributed by atoms with Crippen molar-refractivity contribution in [3.8, 4) is 0 Å². The first kappa shape index (κ1) is 28.8. The van der Waals surface area contributed by atoms with Crippen molar-refractivity contribution in [1.29, 1.82) is 0 Å². The van der Waals surface area contributed by atoms with Crippen molar-refractivity contribution >= 4 is 5.97 Å². The van der Waals surface area contributed by atoms with Gasteiger partial charge in [-0.25, -0.2) is 0 Å². The van der Waals surface area contributed by atoms with Gasteiger partial charge >= 0.3 is 5.97 Å². The monoisotopic (exact) mass is 426 g/mol. The molecule has 0 amide bonds. The Hall–Kier alpha value is -1.19. The van der Waals surface area contributed by atoms with Gasteiger partial charge in [0.25, 0.3) is 0 Å². The highest BCUT2D eigenvalue weighted by molar-refractivity contribution is 5.66. The average molecular weight is 427 g/mol. The highest BCUT2D eigenvalue weighted by atomic mass is 16.5. The van der Waals surface area contributed by atoms with Crippen LogP contribution in [0.5, 0.6) is 0 Å². The molecule has 0 atom stereocenters. The van der Waals surface area contributed by atoms with Crippen molar-refractivity contribution in [1.82, 2.24) is 0 Å². The van der Waals surface area contributed by atoms with Crippen LogP contribution in [0.1, 0.15) is 142 Å². The van der Waals surface area contributed by atoms with Crippen molar-refractivity contribution in [3.05, 3.63) is 12.0 Å². The summed E-state index contributed by atoms with van der Waals surface area (Å²) < 4.78 is 5.16. The minimum absolute atomic E-state index is 0.105. The molecule has 0 unspecified atom stereocenters. The molecule has 0 aromatic rings. The molecule has 0 heterocycles. The summed E-state index contributed by atoms with van der Waals surface area (Å²) in [6, 6.07) is 0. The number of aliphatic carboxylic acids is 1. The van der Waals surface area contributed by atoms with Crippen LogP contribution in [0.2, 0.25) is 0 Å². The van der Waals surface area contributed by atoms with Crippen LogP contribution in [-0.4, -0.2) is 22.8 Å². The lowest BCUT2D eigenvalue weighted by molar-refractivity contribution is -0.137. The minimum atomic E-state index is -0.814. The minimum Gasteiger partial charge on any atom is -0.509 e. The number of carbonyl (C=O) groups is 1. The lowest BCUT2D eigenvalue weighted by Gasteiger charge is -2.04. The Morgan fingerprint density at radius 2 is 1.00 bits per heavy atom. The molecule has 30 heavy (non-hydrogen) atoms. The van der Waals surface area contributed by atoms with E-state index < -0.39 is 5.97 Å². The number of allylic oxidation sites excluding steroid dienone is 1. The Bertz CT molecular complexity index is 392. The maximum Gasteiger partial charge on any atom is 0.303 e. The van der Waals surface area contributed by atoms with Crippen LogP contribution in [0.25, 0.3) is 0 Å². The predicted molar refractivity (Wildman–Crippen MR) is 127 cm³/mol. The van der Waals surface area contributed by atoms with E-state index in [0.29, 0.717) is 19.4 Å². The van der Waals surface area contributed by atoms with Gasteiger partial charge in [-0.2, -0.15) is 0 Å². The van der Waals surface area contributed by atoms with Gasteiger partial charge in [0.2, 0.25) is 0 Å². The van der Waals surface area contributed by atoms with E-state index in [1.807, 2.05) is 0 Å². The van der Waals surface area contributed by atoms with Crippen molar-refractivity contribution in [2.75, 3.05) is 6.61 Å². The molecule has 0 rings (SSSR count). The van der Waals surface area contributed by atoms with E-state index in [2.05, 4.69) is 6.92 Å². The molecule has 0 aliphatic rings. The number of carboxylic acid groups (broad SMARTS) is 1. The normalized spacial score (nSPS) is 11.7. The average Bonchev–Trinajstić information content (AvgIpc) is 2.72. The number of hydrogen-bond donors (Lipinski definition) is 2. The molecule has 178 valence electrons. The van der Waals surface area contributed by atoms with Gasteiger partial charge in [-0.3, -0.25) is 4.79 Å². The van der Waals surface area contributed by atoms with Crippen LogP contribution in [0.4, 0.5) is 0 Å². The van der Waals surface area contributed by atoms with E-state index >= 15 is 0 Å². The number of aliphatic hydroxyl groups excluding tert-OH is 1. The van der Waals surface area contributed by atoms with Crippen LogP contribution in [0.15, 0.2) is 12.0 Å². The van der Waals surface area contributed by atoms with Crippen LogP contribution < -0.4 is 0 Å². The molecule has 0 spiro atoms. The Morgan fingerprint density at radius 1 is 0.600 bits per heavy atom. The van der Waals surface area contributed by atoms with Gasteiger partial charge in [0.15, 0.2) is 0 Å². The van der Waals surface area contributed by atoms with E-state index in [-0.39, 0.29) is 12.2 Å². The zero-order valence-corrected chi connectivity index (χ0v) is 19.8. The molecule has 0 saturated carbocycles. The number of hydrogen-bond acceptors (Lipinski definition) is 3. The summed E-state index contributed by atoms with van der Waals surface area (Å²) in [7, 11) is 0. The quantitative estimate of drug-likeness (QED) is 0.120. The van der Waals surface area contributed by atoms with E-state index in [0.717, 1.165) is 12.8 Å². The maximum atomic E-state index is 10.4. The fourth-order valence-corrected chi connectivity index (χ4v) is 3.73. The summed E-state index contributed by atoms with van der Waals surface area (Å²) in [6.45, 7) is 2.62. The Labute approximate surface area is 186 Å². The van der Waals surface area contributed by atoms with Crippen LogP contribution in [-0.2, 0) is 9.53 Å². The third-order valence-electron chi connectivity index (χ3n) is 5.66. The molecular weight excluding hydrogens is 376 g/mol. The molecule has 2 N–H and O–H groups in total. The fourth-order valence-electron chi connectivity index (χ4n) is 3.73. The topological polar surface area (TPSA) is 66.8 Å². The van der Waals surface area contributed by atoms with Crippen molar-refractivity contribution in [2.45, 2.75) is 142 Å². The first-order valence-electron chi connectivity index (χ1n) is 12.9. The summed E-state index contributed by atoms with van der Waals surface area (Å²) in [4.78, 5) is 10.4. The largest absolute Gasteiger partial charge is 0.509 e. The van der Waals surface area contributed by atoms with Crippen LogP contribution in [0, 0.1) is 0 Å². The molecule has 0 fully saturated rings. The van der Waals surface area contributed by atoms with Gasteiger partial charge in [-0.05, 0) is 12.8 Å². The summed E-state index contributed by atoms with van der Waals surface area (Å²) in [6.07, 6.45) is 27.0. The SMILES string of the molecule is CCCCCCCCCCCCCCCCCCCCC(O)=COCCCC(=O)O. The van der Waals surface area contributed by atoms with Crippen molar-refractivity contribution in [2.24, 2.45) is 0 Å². The molecule has 0 saturated heterocycles. The summed E-state index contributed by atoms with van der Waals surface area (Å²) >= 11 is 0. The fraction of sp³-hybridized carbons (Fsp3) is 0.885. The van der Waals surface area contributed by atoms with E-state index in [4.69, 9.17) is 9.84 Å². The molecule has 0 aromatic heterocycles.